The fourth-order valence-corrected chi connectivity index (χ4v) is 5.36. The van der Waals surface area contributed by atoms with Gasteiger partial charge in [-0.1, -0.05) is 54.7 Å². The summed E-state index contributed by atoms with van der Waals surface area (Å²) in [7, 11) is -3.59. The van der Waals surface area contributed by atoms with Crippen LogP contribution in [0.5, 0.6) is 0 Å². The predicted octanol–water partition coefficient (Wildman–Crippen LogP) is 5.92. The molecule has 2 aromatic rings. The Hall–Kier alpha value is -2.00. The molecule has 2 rings (SSSR count). The molecule has 2 amide bonds. The molecule has 11 heteroatoms. The van der Waals surface area contributed by atoms with Gasteiger partial charge in [-0.2, -0.15) is 0 Å². The minimum Gasteiger partial charge on any atom is -0.352 e. The summed E-state index contributed by atoms with van der Waals surface area (Å²) >= 11 is 18.4. The van der Waals surface area contributed by atoms with Gasteiger partial charge in [0.1, 0.15) is 6.04 Å². The van der Waals surface area contributed by atoms with Crippen molar-refractivity contribution in [2.75, 3.05) is 17.1 Å². The van der Waals surface area contributed by atoms with Gasteiger partial charge in [-0.15, -0.1) is 0 Å². The summed E-state index contributed by atoms with van der Waals surface area (Å²) < 4.78 is 26.1. The van der Waals surface area contributed by atoms with E-state index < -0.39 is 16.1 Å². The summed E-state index contributed by atoms with van der Waals surface area (Å²) in [5.41, 5.74) is 1.12. The lowest BCUT2D eigenvalue weighted by molar-refractivity contribution is -0.141. The van der Waals surface area contributed by atoms with E-state index in [0.29, 0.717) is 32.7 Å². The summed E-state index contributed by atoms with van der Waals surface area (Å²) in [4.78, 5) is 28.1. The van der Waals surface area contributed by atoms with E-state index in [1.54, 1.807) is 42.5 Å². The van der Waals surface area contributed by atoms with Crippen molar-refractivity contribution in [3.05, 3.63) is 63.1 Å². The highest BCUT2D eigenvalue weighted by Gasteiger charge is 2.30. The smallest absolute Gasteiger partial charge is 0.243 e. The number of nitrogens with one attached hydrogen (secondary N) is 1. The average Bonchev–Trinajstić information content (AvgIpc) is 2.82. The monoisotopic (exact) mass is 589 g/mol. The molecule has 0 aromatic heterocycles. The van der Waals surface area contributed by atoms with Crippen LogP contribution in [0.3, 0.4) is 0 Å². The number of benzene rings is 2. The highest BCUT2D eigenvalue weighted by molar-refractivity contribution is 7.92. The van der Waals surface area contributed by atoms with Gasteiger partial charge in [0.2, 0.25) is 21.8 Å². The molecule has 0 saturated carbocycles. The molecule has 0 bridgehead atoms. The number of halogens is 3. The predicted molar refractivity (Wildman–Crippen MR) is 152 cm³/mol. The molecule has 204 valence electrons. The number of carbonyl (C=O) groups is 2. The first-order valence-electron chi connectivity index (χ1n) is 12.1. The van der Waals surface area contributed by atoms with Gasteiger partial charge in [0.05, 0.1) is 11.9 Å². The van der Waals surface area contributed by atoms with Crippen LogP contribution in [0.2, 0.25) is 15.1 Å². The molecule has 7 nitrogen and oxygen atoms in total. The quantitative estimate of drug-likeness (QED) is 0.314. The van der Waals surface area contributed by atoms with Crippen LogP contribution in [0, 0.1) is 0 Å². The Morgan fingerprint density at radius 2 is 1.59 bits per heavy atom. The molecular formula is C26H34Cl3N3O4S. The zero-order valence-corrected chi connectivity index (χ0v) is 24.6. The number of nitrogens with zero attached hydrogens (tertiary/aromatic N) is 2. The summed E-state index contributed by atoms with van der Waals surface area (Å²) in [6.07, 6.45) is 2.57. The van der Waals surface area contributed by atoms with Gasteiger partial charge in [0.15, 0.2) is 0 Å². The average molecular weight is 591 g/mol. The van der Waals surface area contributed by atoms with Gasteiger partial charge in [-0.3, -0.25) is 13.9 Å². The Morgan fingerprint density at radius 3 is 2.14 bits per heavy atom. The van der Waals surface area contributed by atoms with Crippen molar-refractivity contribution < 1.29 is 18.0 Å². The van der Waals surface area contributed by atoms with Crippen LogP contribution < -0.4 is 9.62 Å². The Kier molecular flexibility index (Phi) is 12.0. The van der Waals surface area contributed by atoms with Crippen molar-refractivity contribution in [3.8, 4) is 0 Å². The lowest BCUT2D eigenvalue weighted by atomic mass is 10.1. The van der Waals surface area contributed by atoms with Crippen LogP contribution in [-0.2, 0) is 26.2 Å². The van der Waals surface area contributed by atoms with Crippen molar-refractivity contribution in [2.45, 2.75) is 65.1 Å². The minimum absolute atomic E-state index is 0.0396. The van der Waals surface area contributed by atoms with Crippen LogP contribution in [0.25, 0.3) is 0 Å². The van der Waals surface area contributed by atoms with E-state index in [1.807, 2.05) is 20.8 Å². The van der Waals surface area contributed by atoms with E-state index in [9.17, 15) is 18.0 Å². The zero-order chi connectivity index (χ0) is 27.8. The van der Waals surface area contributed by atoms with Crippen molar-refractivity contribution in [1.82, 2.24) is 10.2 Å². The maximum Gasteiger partial charge on any atom is 0.243 e. The molecular weight excluding hydrogens is 557 g/mol. The van der Waals surface area contributed by atoms with Gasteiger partial charge in [-0.25, -0.2) is 8.42 Å². The first kappa shape index (κ1) is 31.2. The van der Waals surface area contributed by atoms with Gasteiger partial charge >= 0.3 is 0 Å². The summed E-state index contributed by atoms with van der Waals surface area (Å²) in [6.45, 7) is 5.93. The fraction of sp³-hybridized carbons (Fsp3) is 0.462. The number of amides is 2. The van der Waals surface area contributed by atoms with Crippen molar-refractivity contribution in [2.24, 2.45) is 0 Å². The van der Waals surface area contributed by atoms with Crippen LogP contribution in [0.15, 0.2) is 42.5 Å². The molecule has 0 radical (unpaired) electrons. The maximum absolute atomic E-state index is 13.5. The molecule has 0 aliphatic heterocycles. The van der Waals surface area contributed by atoms with Gasteiger partial charge < -0.3 is 10.2 Å². The number of anilines is 1. The van der Waals surface area contributed by atoms with Crippen LogP contribution in [0.1, 0.15) is 52.0 Å². The van der Waals surface area contributed by atoms with Crippen LogP contribution >= 0.6 is 34.8 Å². The van der Waals surface area contributed by atoms with Gasteiger partial charge in [-0.05, 0) is 68.1 Å². The SMILES string of the molecule is CC[C@H](C)NC(=O)[C@H](CC)N(Cc1ccc(Cl)cc1Cl)C(=O)CCCN(c1ccc(Cl)cc1)S(C)(=O)=O. The van der Waals surface area contributed by atoms with E-state index in [4.69, 9.17) is 34.8 Å². The number of rotatable bonds is 13. The third kappa shape index (κ3) is 9.36. The van der Waals surface area contributed by atoms with E-state index in [2.05, 4.69) is 5.32 Å². The van der Waals surface area contributed by atoms with E-state index >= 15 is 0 Å². The van der Waals surface area contributed by atoms with Crippen LogP contribution in [0.4, 0.5) is 5.69 Å². The lowest BCUT2D eigenvalue weighted by Gasteiger charge is -2.32. The number of hydrogen-bond donors (Lipinski definition) is 1. The minimum atomic E-state index is -3.59. The fourth-order valence-electron chi connectivity index (χ4n) is 3.81. The highest BCUT2D eigenvalue weighted by atomic mass is 35.5. The molecule has 0 saturated heterocycles. The van der Waals surface area contributed by atoms with Gasteiger partial charge in [0, 0.05) is 40.6 Å². The van der Waals surface area contributed by atoms with E-state index in [0.717, 1.165) is 12.7 Å². The molecule has 0 aliphatic rings. The normalized spacial score (nSPS) is 13.1. The second kappa shape index (κ2) is 14.2. The number of sulfonamides is 1. The summed E-state index contributed by atoms with van der Waals surface area (Å²) in [5, 5.41) is 4.32. The zero-order valence-electron chi connectivity index (χ0n) is 21.5. The molecule has 2 atom stereocenters. The Labute approximate surface area is 235 Å². The topological polar surface area (TPSA) is 86.8 Å². The largest absolute Gasteiger partial charge is 0.352 e. The standard InChI is InChI=1S/C26H34Cl3N3O4S/c1-5-18(3)30-26(34)24(6-2)31(17-19-9-10-21(28)16-23(19)29)25(33)8-7-15-32(37(4,35)36)22-13-11-20(27)12-14-22/h9-14,16,18,24H,5-8,15,17H2,1-4H3,(H,30,34)/t18-,24-/m0/s1. The maximum atomic E-state index is 13.5. The molecule has 0 aliphatic carbocycles. The van der Waals surface area contributed by atoms with Crippen molar-refractivity contribution in [1.29, 1.82) is 0 Å². The molecule has 0 spiro atoms. The van der Waals surface area contributed by atoms with Gasteiger partial charge in [0.25, 0.3) is 0 Å². The second-order valence-electron chi connectivity index (χ2n) is 8.91. The van der Waals surface area contributed by atoms with E-state index in [1.165, 1.54) is 9.21 Å². The third-order valence-corrected chi connectivity index (χ3v) is 8.04. The molecule has 0 heterocycles. The Morgan fingerprint density at radius 1 is 0.973 bits per heavy atom. The summed E-state index contributed by atoms with van der Waals surface area (Å²) in [6, 6.07) is 10.7. The van der Waals surface area contributed by atoms with E-state index in [-0.39, 0.29) is 43.8 Å². The number of carbonyl (C=O) groups excluding carboxylic acids is 2. The first-order chi connectivity index (χ1) is 17.4. The lowest BCUT2D eigenvalue weighted by Crippen LogP contribution is -2.50. The Balaban J connectivity index is 2.25. The first-order valence-corrected chi connectivity index (χ1v) is 15.1. The molecule has 2 aromatic carbocycles. The number of hydrogen-bond acceptors (Lipinski definition) is 4. The molecule has 37 heavy (non-hydrogen) atoms. The Bertz CT molecular complexity index is 1180. The third-order valence-electron chi connectivity index (χ3n) is 6.01. The second-order valence-corrected chi connectivity index (χ2v) is 12.1. The van der Waals surface area contributed by atoms with Crippen molar-refractivity contribution >= 4 is 62.3 Å². The molecule has 1 N–H and O–H groups in total. The molecule has 0 fully saturated rings. The van der Waals surface area contributed by atoms with Crippen LogP contribution in [-0.4, -0.2) is 50.0 Å². The summed E-state index contributed by atoms with van der Waals surface area (Å²) in [5.74, 6) is -0.518. The highest BCUT2D eigenvalue weighted by Crippen LogP contribution is 2.25. The molecule has 0 unspecified atom stereocenters. The van der Waals surface area contributed by atoms with Crippen molar-refractivity contribution in [3.63, 3.8) is 0 Å².